The van der Waals surface area contributed by atoms with Crippen molar-refractivity contribution >= 4 is 5.69 Å². The zero-order valence-corrected chi connectivity index (χ0v) is 11.8. The molecule has 2 aromatic rings. The Hall–Kier alpha value is -1.63. The summed E-state index contributed by atoms with van der Waals surface area (Å²) >= 11 is -0.300. The van der Waals surface area contributed by atoms with Crippen LogP contribution in [0.4, 0.5) is 5.69 Å². The first kappa shape index (κ1) is 12.8. The van der Waals surface area contributed by atoms with Gasteiger partial charge in [0.1, 0.15) is 0 Å². The van der Waals surface area contributed by atoms with Crippen LogP contribution in [-0.4, -0.2) is 12.0 Å². The molecule has 0 bridgehead atoms. The van der Waals surface area contributed by atoms with E-state index in [1.165, 1.54) is 3.57 Å². The van der Waals surface area contributed by atoms with Crippen LogP contribution in [0.3, 0.4) is 0 Å². The fraction of sp³-hybridized carbons (Fsp3) is 0.0769. The predicted molar refractivity (Wildman–Crippen MR) is 63.5 cm³/mol. The summed E-state index contributed by atoms with van der Waals surface area (Å²) in [5.74, 6) is 0.839. The number of non-ortho nitro benzene ring substituents is 1. The quantitative estimate of drug-likeness (QED) is 0.431. The number of halogens is 1. The van der Waals surface area contributed by atoms with E-state index in [1.807, 2.05) is 36.4 Å². The minimum absolute atomic E-state index is 0.137. The third-order valence-electron chi connectivity index (χ3n) is 2.31. The molecule has 0 fully saturated rings. The molecule has 0 atom stereocenters. The second kappa shape index (κ2) is 5.81. The molecule has 5 heteroatoms. The average Bonchev–Trinajstić information content (AvgIpc) is 2.40. The van der Waals surface area contributed by atoms with E-state index in [9.17, 15) is 10.1 Å². The molecule has 2 aromatic carbocycles. The van der Waals surface area contributed by atoms with Gasteiger partial charge in [0.2, 0.25) is 0 Å². The van der Waals surface area contributed by atoms with E-state index in [0.717, 1.165) is 9.32 Å². The van der Waals surface area contributed by atoms with Gasteiger partial charge in [0, 0.05) is 0 Å². The maximum atomic E-state index is 10.5. The van der Waals surface area contributed by atoms with Crippen LogP contribution in [0, 0.1) is 17.3 Å². The van der Waals surface area contributed by atoms with Gasteiger partial charge in [-0.25, -0.2) is 0 Å². The van der Waals surface area contributed by atoms with Gasteiger partial charge in [0.15, 0.2) is 0 Å². The van der Waals surface area contributed by atoms with E-state index >= 15 is 0 Å². The Morgan fingerprint density at radius 1 is 1.00 bits per heavy atom. The van der Waals surface area contributed by atoms with Crippen LogP contribution in [0.15, 0.2) is 48.5 Å². The molecule has 0 unspecified atom stereocenters. The zero-order chi connectivity index (χ0) is 13.0. The Morgan fingerprint density at radius 2 is 1.50 bits per heavy atom. The Labute approximate surface area is 115 Å². The molecule has 2 rings (SSSR count). The number of rotatable bonds is 4. The second-order valence-electron chi connectivity index (χ2n) is 3.49. The minimum atomic E-state index is -0.379. The third kappa shape index (κ3) is 3.19. The van der Waals surface area contributed by atoms with Gasteiger partial charge in [-0.15, -0.1) is 0 Å². The summed E-state index contributed by atoms with van der Waals surface area (Å²) in [6, 6.07) is 14.7. The van der Waals surface area contributed by atoms with E-state index in [-0.39, 0.29) is 31.8 Å². The van der Waals surface area contributed by atoms with Gasteiger partial charge in [0.25, 0.3) is 0 Å². The number of hydrogen-bond acceptors (Lipinski definition) is 3. The predicted octanol–water partition coefficient (Wildman–Crippen LogP) is -0.268. The number of hydrogen-bond donors (Lipinski definition) is 0. The monoisotopic (exact) mass is 356 g/mol. The van der Waals surface area contributed by atoms with Gasteiger partial charge in [-0.2, -0.15) is 0 Å². The normalized spacial score (nSPS) is 10.3. The second-order valence-corrected chi connectivity index (χ2v) is 6.52. The summed E-state index contributed by atoms with van der Waals surface area (Å²) in [7, 11) is 1.64. The van der Waals surface area contributed by atoms with Crippen molar-refractivity contribution < 1.29 is 30.9 Å². The molecule has 0 spiro atoms. The van der Waals surface area contributed by atoms with Gasteiger partial charge in [-0.05, 0) is 0 Å². The van der Waals surface area contributed by atoms with Crippen LogP contribution < -0.4 is 25.9 Å². The molecule has 4 nitrogen and oxygen atoms in total. The Morgan fingerprint density at radius 3 is 1.94 bits per heavy atom. The van der Waals surface area contributed by atoms with Gasteiger partial charge in [-0.1, -0.05) is 0 Å². The van der Waals surface area contributed by atoms with E-state index < -0.39 is 0 Å². The van der Waals surface area contributed by atoms with Crippen LogP contribution in [0.1, 0.15) is 0 Å². The van der Waals surface area contributed by atoms with Crippen molar-refractivity contribution in [3.63, 3.8) is 0 Å². The van der Waals surface area contributed by atoms with E-state index in [0.29, 0.717) is 0 Å². The van der Waals surface area contributed by atoms with Gasteiger partial charge in [-0.3, -0.25) is 0 Å². The number of nitrogens with zero attached hydrogens (tertiary/aromatic N) is 1. The summed E-state index contributed by atoms with van der Waals surface area (Å²) in [6.45, 7) is 0. The standard InChI is InChI=1S/C13H11INO3/c1-18-13-8-4-11(5-9-13)14-10-2-6-12(7-3-10)15(16)17/h2-9H,1H3/q-1. The van der Waals surface area contributed by atoms with Crippen LogP contribution in [-0.2, 0) is 0 Å². The summed E-state index contributed by atoms with van der Waals surface area (Å²) in [6.07, 6.45) is 0. The molecular formula is C13H11INO3-. The first-order chi connectivity index (χ1) is 8.69. The molecule has 18 heavy (non-hydrogen) atoms. The Kier molecular flexibility index (Phi) is 4.14. The van der Waals surface area contributed by atoms with Crippen molar-refractivity contribution in [2.24, 2.45) is 0 Å². The molecular weight excluding hydrogens is 345 g/mol. The fourth-order valence-corrected chi connectivity index (χ4v) is 3.54. The molecule has 0 heterocycles. The Balaban J connectivity index is 2.10. The van der Waals surface area contributed by atoms with Crippen LogP contribution >= 0.6 is 0 Å². The van der Waals surface area contributed by atoms with Crippen LogP contribution in [0.25, 0.3) is 0 Å². The molecule has 0 saturated carbocycles. The third-order valence-corrected chi connectivity index (χ3v) is 4.99. The number of nitro groups is 1. The van der Waals surface area contributed by atoms with E-state index in [1.54, 1.807) is 19.2 Å². The number of benzene rings is 2. The first-order valence-corrected chi connectivity index (χ1v) is 7.38. The van der Waals surface area contributed by atoms with E-state index in [2.05, 4.69) is 0 Å². The molecule has 0 aliphatic heterocycles. The van der Waals surface area contributed by atoms with Crippen molar-refractivity contribution in [3.8, 4) is 5.75 Å². The van der Waals surface area contributed by atoms with Crippen molar-refractivity contribution in [1.82, 2.24) is 0 Å². The average molecular weight is 356 g/mol. The number of methoxy groups -OCH3 is 1. The molecule has 0 saturated heterocycles. The topological polar surface area (TPSA) is 52.4 Å². The Bertz CT molecular complexity index is 537. The summed E-state index contributed by atoms with van der Waals surface area (Å²) < 4.78 is 7.51. The van der Waals surface area contributed by atoms with Gasteiger partial charge in [0.05, 0.1) is 0 Å². The SMILES string of the molecule is COc1ccc([I-]c2ccc([N+](=O)[O-])cc2)cc1. The molecule has 0 aliphatic rings. The number of ether oxygens (including phenoxy) is 1. The summed E-state index contributed by atoms with van der Waals surface area (Å²) in [4.78, 5) is 10.2. The molecule has 0 aliphatic carbocycles. The molecule has 0 N–H and O–H groups in total. The summed E-state index contributed by atoms with van der Waals surface area (Å²) in [5, 5.41) is 10.5. The van der Waals surface area contributed by atoms with Gasteiger partial charge < -0.3 is 0 Å². The molecule has 0 aromatic heterocycles. The molecule has 0 amide bonds. The fourth-order valence-electron chi connectivity index (χ4n) is 1.39. The number of nitro benzene ring substituents is 1. The zero-order valence-electron chi connectivity index (χ0n) is 9.67. The van der Waals surface area contributed by atoms with Crippen LogP contribution in [0.2, 0.25) is 0 Å². The van der Waals surface area contributed by atoms with Crippen molar-refractivity contribution in [2.75, 3.05) is 7.11 Å². The van der Waals surface area contributed by atoms with Crippen molar-refractivity contribution in [2.45, 2.75) is 0 Å². The van der Waals surface area contributed by atoms with Crippen molar-refractivity contribution in [3.05, 3.63) is 65.8 Å². The molecule has 0 radical (unpaired) electrons. The first-order valence-electron chi connectivity index (χ1n) is 5.22. The summed E-state index contributed by atoms with van der Waals surface area (Å²) in [5.41, 5.74) is 0.137. The van der Waals surface area contributed by atoms with Gasteiger partial charge >= 0.3 is 115 Å². The van der Waals surface area contributed by atoms with E-state index in [4.69, 9.17) is 4.74 Å². The van der Waals surface area contributed by atoms with Crippen LogP contribution in [0.5, 0.6) is 5.75 Å². The van der Waals surface area contributed by atoms with Crippen molar-refractivity contribution in [1.29, 1.82) is 0 Å². The maximum absolute atomic E-state index is 10.5. The molecule has 94 valence electrons.